The molecule has 2 aromatic heterocycles. The summed E-state index contributed by atoms with van der Waals surface area (Å²) >= 11 is 0. The zero-order chi connectivity index (χ0) is 41.4. The first-order valence-corrected chi connectivity index (χ1v) is 21.7. The normalized spacial score (nSPS) is 15.5. The molecule has 63 heavy (non-hydrogen) atoms. The maximum Gasteiger partial charge on any atom is 0.143 e. The zero-order valence-corrected chi connectivity index (χ0v) is 34.3. The van der Waals surface area contributed by atoms with Gasteiger partial charge in [-0.1, -0.05) is 152 Å². The lowest BCUT2D eigenvalue weighted by molar-refractivity contribution is 0.270. The van der Waals surface area contributed by atoms with Crippen LogP contribution in [0.4, 0.5) is 0 Å². The highest BCUT2D eigenvalue weighted by atomic mass is 16.5. The molecule has 0 spiro atoms. The van der Waals surface area contributed by atoms with Crippen molar-refractivity contribution in [2.45, 2.75) is 12.0 Å². The minimum absolute atomic E-state index is 0.0664. The summed E-state index contributed by atoms with van der Waals surface area (Å²) < 4.78 is 13.7. The van der Waals surface area contributed by atoms with Gasteiger partial charge in [-0.15, -0.1) is 0 Å². The van der Waals surface area contributed by atoms with E-state index in [0.717, 1.165) is 77.3 Å². The van der Waals surface area contributed by atoms with Gasteiger partial charge in [0.15, 0.2) is 0 Å². The molecule has 1 aliphatic carbocycles. The van der Waals surface area contributed by atoms with Gasteiger partial charge in [-0.3, -0.25) is 0 Å². The molecule has 0 bridgehead atoms. The lowest BCUT2D eigenvalue weighted by atomic mass is 9.84. The van der Waals surface area contributed by atoms with Gasteiger partial charge in [0.2, 0.25) is 0 Å². The summed E-state index contributed by atoms with van der Waals surface area (Å²) in [6.07, 6.45) is 6.77. The maximum absolute atomic E-state index is 6.93. The number of furan rings is 1. The van der Waals surface area contributed by atoms with Gasteiger partial charge < -0.3 is 14.1 Å². The lowest BCUT2D eigenvalue weighted by Gasteiger charge is -2.18. The van der Waals surface area contributed by atoms with Crippen molar-refractivity contribution >= 4 is 49.3 Å². The second-order valence-electron chi connectivity index (χ2n) is 16.9. The number of hydrogen-bond donors (Lipinski definition) is 1. The van der Waals surface area contributed by atoms with Gasteiger partial charge in [0, 0.05) is 55.2 Å². The van der Waals surface area contributed by atoms with Crippen LogP contribution >= 0.6 is 0 Å². The molecule has 2 aliphatic rings. The quantitative estimate of drug-likeness (QED) is 0.182. The Hall–Kier alpha value is -8.14. The first-order valence-electron chi connectivity index (χ1n) is 21.7. The number of nitrogens with one attached hydrogen (secondary N) is 1. The van der Waals surface area contributed by atoms with Crippen LogP contribution < -0.4 is 4.74 Å². The molecule has 2 atom stereocenters. The maximum atomic E-state index is 6.93. The van der Waals surface area contributed by atoms with Crippen molar-refractivity contribution in [2.24, 2.45) is 0 Å². The zero-order valence-electron chi connectivity index (χ0n) is 34.3. The monoisotopic (exact) mass is 805 g/mol. The molecule has 0 amide bonds. The molecule has 3 heterocycles. The van der Waals surface area contributed by atoms with Crippen LogP contribution in [0.15, 0.2) is 223 Å². The molecule has 0 radical (unpaired) electrons. The van der Waals surface area contributed by atoms with Gasteiger partial charge in [-0.2, -0.15) is 0 Å². The van der Waals surface area contributed by atoms with Crippen molar-refractivity contribution in [1.29, 1.82) is 0 Å². The summed E-state index contributed by atoms with van der Waals surface area (Å²) in [4.78, 5) is 3.73. The number of aromatic nitrogens is 1. The molecular weight excluding hydrogens is 767 g/mol. The van der Waals surface area contributed by atoms with Crippen LogP contribution in [0.3, 0.4) is 0 Å². The minimum Gasteiger partial charge on any atom is -0.484 e. The van der Waals surface area contributed by atoms with E-state index in [-0.39, 0.29) is 12.0 Å². The second kappa shape index (κ2) is 14.2. The predicted octanol–water partition coefficient (Wildman–Crippen LogP) is 16.1. The molecule has 2 unspecified atom stereocenters. The number of H-pyrrole nitrogens is 1. The van der Waals surface area contributed by atoms with Crippen molar-refractivity contribution in [1.82, 2.24) is 4.98 Å². The van der Waals surface area contributed by atoms with E-state index in [0.29, 0.717) is 0 Å². The van der Waals surface area contributed by atoms with E-state index < -0.39 is 0 Å². The van der Waals surface area contributed by atoms with Crippen molar-refractivity contribution in [3.63, 3.8) is 0 Å². The third kappa shape index (κ3) is 5.96. The molecule has 13 rings (SSSR count). The van der Waals surface area contributed by atoms with Gasteiger partial charge in [-0.25, -0.2) is 0 Å². The first kappa shape index (κ1) is 35.6. The van der Waals surface area contributed by atoms with Gasteiger partial charge >= 0.3 is 0 Å². The first-order chi connectivity index (χ1) is 31.2. The van der Waals surface area contributed by atoms with Crippen LogP contribution in [0.2, 0.25) is 0 Å². The van der Waals surface area contributed by atoms with Gasteiger partial charge in [0.25, 0.3) is 0 Å². The Morgan fingerprint density at radius 2 is 0.921 bits per heavy atom. The molecule has 0 saturated carbocycles. The Morgan fingerprint density at radius 1 is 0.397 bits per heavy atom. The number of allylic oxidation sites excluding steroid dienone is 2. The van der Waals surface area contributed by atoms with E-state index in [1.807, 2.05) is 0 Å². The summed E-state index contributed by atoms with van der Waals surface area (Å²) in [5.74, 6) is 1.06. The molecule has 0 saturated heterocycles. The van der Waals surface area contributed by atoms with Crippen LogP contribution in [0.5, 0.6) is 5.75 Å². The highest BCUT2D eigenvalue weighted by Gasteiger charge is 2.36. The van der Waals surface area contributed by atoms with E-state index >= 15 is 0 Å². The summed E-state index contributed by atoms with van der Waals surface area (Å²) in [7, 11) is 0. The second-order valence-corrected chi connectivity index (χ2v) is 16.9. The van der Waals surface area contributed by atoms with Gasteiger partial charge in [0.1, 0.15) is 23.0 Å². The van der Waals surface area contributed by atoms with Crippen LogP contribution in [-0.2, 0) is 0 Å². The number of hydrogen-bond acceptors (Lipinski definition) is 2. The van der Waals surface area contributed by atoms with E-state index in [9.17, 15) is 0 Å². The fraction of sp³-hybridized carbons (Fsp3) is 0.0333. The summed E-state index contributed by atoms with van der Waals surface area (Å²) in [6.45, 7) is 0. The van der Waals surface area contributed by atoms with E-state index in [2.05, 4.69) is 223 Å². The van der Waals surface area contributed by atoms with Crippen molar-refractivity contribution in [2.75, 3.05) is 0 Å². The molecule has 0 fully saturated rings. The van der Waals surface area contributed by atoms with Crippen molar-refractivity contribution < 1.29 is 9.15 Å². The average Bonchev–Trinajstić information content (AvgIpc) is 4.05. The Labute approximate surface area is 364 Å². The van der Waals surface area contributed by atoms with Crippen LogP contribution in [0.1, 0.15) is 17.0 Å². The van der Waals surface area contributed by atoms with Crippen molar-refractivity contribution in [3.8, 4) is 61.4 Å². The smallest absolute Gasteiger partial charge is 0.143 e. The largest absolute Gasteiger partial charge is 0.484 e. The SMILES string of the molecule is C1=CC2Oc3c(-c4ccc5[nH]c6ccc(-c7cc(-c8ccccc8)cc8c7oc7ccc(-c9ccccc9)cc78)cc6c5c4)cc(-c4ccccc4)cc3C2C=C1c1ccccc1. The summed E-state index contributed by atoms with van der Waals surface area (Å²) in [6, 6.07) is 71.9. The number of rotatable bonds is 6. The van der Waals surface area contributed by atoms with Crippen LogP contribution in [0, 0.1) is 0 Å². The number of benzene rings is 9. The predicted molar refractivity (Wildman–Crippen MR) is 261 cm³/mol. The minimum atomic E-state index is -0.0664. The van der Waals surface area contributed by atoms with Crippen molar-refractivity contribution in [3.05, 3.63) is 230 Å². The fourth-order valence-electron chi connectivity index (χ4n) is 9.98. The van der Waals surface area contributed by atoms with Crippen LogP contribution in [-0.4, -0.2) is 11.1 Å². The number of aromatic amines is 1. The number of fused-ring (bicyclic) bond motifs is 9. The Balaban J connectivity index is 0.977. The Bertz CT molecular complexity index is 3630. The molecule has 1 aliphatic heterocycles. The average molecular weight is 806 g/mol. The van der Waals surface area contributed by atoms with Crippen LogP contribution in [0.25, 0.3) is 105 Å². The third-order valence-electron chi connectivity index (χ3n) is 13.1. The number of ether oxygens (including phenoxy) is 1. The molecule has 3 heteroatoms. The molecule has 11 aromatic rings. The van der Waals surface area contributed by atoms with Gasteiger partial charge in [-0.05, 0) is 122 Å². The highest BCUT2D eigenvalue weighted by Crippen LogP contribution is 2.51. The van der Waals surface area contributed by atoms with E-state index in [1.165, 1.54) is 44.5 Å². The molecule has 296 valence electrons. The topological polar surface area (TPSA) is 38.2 Å². The molecule has 1 N–H and O–H groups in total. The standard InChI is InChI=1S/C60H39NO2/c1-5-13-37(14-6-1)41-23-27-57-51(29-41)53-35-45(39-17-9-3-10-18-39)33-47(59(53)62-57)43-21-25-55-49(31-43)50-32-44(22-26-56(50)61-55)48-34-46(40-19-11-4-12-20-40)36-54-52-30-42(38-15-7-2-8-16-38)24-28-58(52)63-60(48)54/h1-36,51,57,61H. The summed E-state index contributed by atoms with van der Waals surface area (Å²) in [5.41, 5.74) is 19.1. The summed E-state index contributed by atoms with van der Waals surface area (Å²) in [5, 5.41) is 4.54. The Morgan fingerprint density at radius 3 is 1.57 bits per heavy atom. The molecule has 3 nitrogen and oxygen atoms in total. The molecule has 9 aromatic carbocycles. The lowest BCUT2D eigenvalue weighted by Crippen LogP contribution is -2.17. The third-order valence-corrected chi connectivity index (χ3v) is 13.1. The highest BCUT2D eigenvalue weighted by molar-refractivity contribution is 6.14. The fourth-order valence-corrected chi connectivity index (χ4v) is 9.98. The Kier molecular flexibility index (Phi) is 8.04. The van der Waals surface area contributed by atoms with E-state index in [1.54, 1.807) is 0 Å². The van der Waals surface area contributed by atoms with Gasteiger partial charge in [0.05, 0.1) is 0 Å². The molecular formula is C60H39NO2. The van der Waals surface area contributed by atoms with E-state index in [4.69, 9.17) is 9.15 Å².